The first-order valence-corrected chi connectivity index (χ1v) is 6.17. The molecule has 16 heavy (non-hydrogen) atoms. The van der Waals surface area contributed by atoms with Crippen molar-refractivity contribution in [3.8, 4) is 11.5 Å². The molecule has 0 saturated heterocycles. The summed E-state index contributed by atoms with van der Waals surface area (Å²) in [6, 6.07) is 5.04. The smallest absolute Gasteiger partial charge is 0.201 e. The summed E-state index contributed by atoms with van der Waals surface area (Å²) in [6.07, 6.45) is -0.318. The predicted molar refractivity (Wildman–Crippen MR) is 59.7 cm³/mol. The van der Waals surface area contributed by atoms with Crippen LogP contribution in [0.2, 0.25) is 5.02 Å². The normalized spacial score (nSPS) is 18.8. The minimum Gasteiger partial charge on any atom is -0.486 e. The van der Waals surface area contributed by atoms with Crippen LogP contribution in [0.3, 0.4) is 0 Å². The highest BCUT2D eigenvalue weighted by Gasteiger charge is 2.20. The van der Waals surface area contributed by atoms with E-state index in [1.807, 2.05) is 0 Å². The Morgan fingerprint density at radius 2 is 2.25 bits per heavy atom. The average molecular weight is 264 g/mol. The summed E-state index contributed by atoms with van der Waals surface area (Å²) >= 11 is 5.79. The van der Waals surface area contributed by atoms with Gasteiger partial charge in [0.05, 0.1) is 6.54 Å². The molecule has 0 bridgehead atoms. The first-order chi connectivity index (χ1) is 7.65. The monoisotopic (exact) mass is 263 g/mol. The second kappa shape index (κ2) is 4.90. The molecule has 1 atom stereocenters. The number of thiol groups is 1. The molecule has 1 aromatic carbocycles. The molecule has 1 N–H and O–H groups in total. The Labute approximate surface area is 99.4 Å². The SMILES string of the molecule is O=[SH](=O)NC[C@H]1COc2cc(Cl)ccc2O1. The summed E-state index contributed by atoms with van der Waals surface area (Å²) in [7, 11) is -2.60. The van der Waals surface area contributed by atoms with E-state index in [0.717, 1.165) is 0 Å². The van der Waals surface area contributed by atoms with Gasteiger partial charge >= 0.3 is 0 Å². The number of hydrogen-bond acceptors (Lipinski definition) is 4. The number of rotatable bonds is 3. The standard InChI is InChI=1S/C9H10ClNO4S/c10-6-1-2-8-9(3-6)14-5-7(15-8)4-11-16(12)13/h1-3,7,16H,4-5H2,(H,11,12,13)/t7-/m0/s1. The second-order valence-electron chi connectivity index (χ2n) is 3.26. The van der Waals surface area contributed by atoms with Gasteiger partial charge in [0.2, 0.25) is 10.9 Å². The van der Waals surface area contributed by atoms with Gasteiger partial charge in [-0.3, -0.25) is 0 Å². The molecule has 2 rings (SSSR count). The van der Waals surface area contributed by atoms with Crippen LogP contribution in [0.5, 0.6) is 11.5 Å². The van der Waals surface area contributed by atoms with E-state index in [1.54, 1.807) is 18.2 Å². The molecule has 7 heteroatoms. The van der Waals surface area contributed by atoms with Crippen LogP contribution in [0, 0.1) is 0 Å². The van der Waals surface area contributed by atoms with Crippen LogP contribution in [-0.2, 0) is 10.9 Å². The summed E-state index contributed by atoms with van der Waals surface area (Å²) < 4.78 is 33.9. The van der Waals surface area contributed by atoms with Gasteiger partial charge in [0.1, 0.15) is 12.7 Å². The lowest BCUT2D eigenvalue weighted by atomic mass is 10.2. The molecule has 0 aromatic heterocycles. The van der Waals surface area contributed by atoms with E-state index in [2.05, 4.69) is 4.72 Å². The van der Waals surface area contributed by atoms with Crippen LogP contribution in [0.15, 0.2) is 18.2 Å². The Morgan fingerprint density at radius 1 is 1.44 bits per heavy atom. The van der Waals surface area contributed by atoms with Gasteiger partial charge in [-0.15, -0.1) is 0 Å². The van der Waals surface area contributed by atoms with E-state index < -0.39 is 10.9 Å². The molecule has 0 fully saturated rings. The molecule has 1 aromatic rings. The van der Waals surface area contributed by atoms with Gasteiger partial charge in [0.25, 0.3) is 0 Å². The van der Waals surface area contributed by atoms with Crippen molar-refractivity contribution in [3.63, 3.8) is 0 Å². The molecule has 0 unspecified atom stereocenters. The lowest BCUT2D eigenvalue weighted by Crippen LogP contribution is -2.37. The van der Waals surface area contributed by atoms with Crippen LogP contribution in [0.25, 0.3) is 0 Å². The predicted octanol–water partition coefficient (Wildman–Crippen LogP) is 0.596. The summed E-state index contributed by atoms with van der Waals surface area (Å²) in [5.74, 6) is 1.15. The summed E-state index contributed by atoms with van der Waals surface area (Å²) in [4.78, 5) is 0. The largest absolute Gasteiger partial charge is 0.486 e. The third kappa shape index (κ3) is 2.78. The Morgan fingerprint density at radius 3 is 3.00 bits per heavy atom. The van der Waals surface area contributed by atoms with Crippen molar-refractivity contribution in [2.75, 3.05) is 13.2 Å². The number of benzene rings is 1. The van der Waals surface area contributed by atoms with Crippen molar-refractivity contribution >= 4 is 22.5 Å². The highest BCUT2D eigenvalue weighted by Crippen LogP contribution is 2.33. The van der Waals surface area contributed by atoms with Crippen LogP contribution in [0.4, 0.5) is 0 Å². The molecule has 0 spiro atoms. The second-order valence-corrected chi connectivity index (χ2v) is 4.53. The summed E-state index contributed by atoms with van der Waals surface area (Å²) in [5.41, 5.74) is 0. The molecule has 1 aliphatic heterocycles. The molecular formula is C9H10ClNO4S. The molecule has 1 heterocycles. The number of fused-ring (bicyclic) bond motifs is 1. The van der Waals surface area contributed by atoms with Crippen molar-refractivity contribution in [1.29, 1.82) is 0 Å². The lowest BCUT2D eigenvalue weighted by Gasteiger charge is -2.26. The quantitative estimate of drug-likeness (QED) is 0.784. The van der Waals surface area contributed by atoms with Gasteiger partial charge in [-0.25, -0.2) is 13.1 Å². The molecule has 0 amide bonds. The van der Waals surface area contributed by atoms with Crippen LogP contribution in [0.1, 0.15) is 0 Å². The van der Waals surface area contributed by atoms with Crippen molar-refractivity contribution in [3.05, 3.63) is 23.2 Å². The molecule has 88 valence electrons. The summed E-state index contributed by atoms with van der Waals surface area (Å²) in [5, 5.41) is 0.571. The maximum Gasteiger partial charge on any atom is 0.201 e. The Hall–Kier alpha value is -0.980. The maximum absolute atomic E-state index is 10.3. The maximum atomic E-state index is 10.3. The van der Waals surface area contributed by atoms with E-state index in [-0.39, 0.29) is 12.6 Å². The fraction of sp³-hybridized carbons (Fsp3) is 0.333. The molecule has 1 aliphatic rings. The molecule has 0 radical (unpaired) electrons. The van der Waals surface area contributed by atoms with E-state index >= 15 is 0 Å². The Balaban J connectivity index is 2.03. The zero-order valence-electron chi connectivity index (χ0n) is 8.18. The first-order valence-electron chi connectivity index (χ1n) is 4.62. The fourth-order valence-electron chi connectivity index (χ4n) is 1.37. The van der Waals surface area contributed by atoms with Gasteiger partial charge in [0.15, 0.2) is 11.5 Å². The van der Waals surface area contributed by atoms with Gasteiger partial charge in [-0.05, 0) is 12.1 Å². The molecular weight excluding hydrogens is 254 g/mol. The first kappa shape index (κ1) is 11.5. The van der Waals surface area contributed by atoms with Crippen LogP contribution >= 0.6 is 11.6 Å². The van der Waals surface area contributed by atoms with Crippen LogP contribution < -0.4 is 14.2 Å². The van der Waals surface area contributed by atoms with Crippen molar-refractivity contribution in [2.24, 2.45) is 0 Å². The Bertz CT molecular complexity index is 455. The lowest BCUT2D eigenvalue weighted by molar-refractivity contribution is 0.0945. The van der Waals surface area contributed by atoms with Gasteiger partial charge in [0, 0.05) is 11.1 Å². The number of halogens is 1. The van der Waals surface area contributed by atoms with E-state index in [4.69, 9.17) is 21.1 Å². The van der Waals surface area contributed by atoms with Crippen molar-refractivity contribution in [1.82, 2.24) is 4.72 Å². The topological polar surface area (TPSA) is 64.6 Å². The third-order valence-electron chi connectivity index (χ3n) is 2.07. The van der Waals surface area contributed by atoms with E-state index in [9.17, 15) is 8.42 Å². The zero-order valence-corrected chi connectivity index (χ0v) is 9.83. The highest BCUT2D eigenvalue weighted by atomic mass is 35.5. The van der Waals surface area contributed by atoms with E-state index in [1.165, 1.54) is 0 Å². The fourth-order valence-corrected chi connectivity index (χ4v) is 1.88. The minimum atomic E-state index is -2.60. The van der Waals surface area contributed by atoms with Gasteiger partial charge < -0.3 is 9.47 Å². The highest BCUT2D eigenvalue weighted by molar-refractivity contribution is 7.70. The van der Waals surface area contributed by atoms with Crippen molar-refractivity contribution < 1.29 is 17.9 Å². The number of hydrogen-bond donors (Lipinski definition) is 2. The summed E-state index contributed by atoms with van der Waals surface area (Å²) in [6.45, 7) is 0.490. The molecule has 0 saturated carbocycles. The third-order valence-corrected chi connectivity index (χ3v) is 2.75. The molecule has 5 nitrogen and oxygen atoms in total. The van der Waals surface area contributed by atoms with Gasteiger partial charge in [-0.2, -0.15) is 0 Å². The Kier molecular flexibility index (Phi) is 3.52. The van der Waals surface area contributed by atoms with Gasteiger partial charge in [-0.1, -0.05) is 11.6 Å². The average Bonchev–Trinajstić information content (AvgIpc) is 2.26. The van der Waals surface area contributed by atoms with E-state index in [0.29, 0.717) is 23.1 Å². The minimum absolute atomic E-state index is 0.195. The molecule has 0 aliphatic carbocycles. The van der Waals surface area contributed by atoms with Crippen molar-refractivity contribution in [2.45, 2.75) is 6.10 Å². The zero-order chi connectivity index (χ0) is 11.5. The number of nitrogens with one attached hydrogen (secondary N) is 1. The number of ether oxygens (including phenoxy) is 2. The van der Waals surface area contributed by atoms with Crippen LogP contribution in [-0.4, -0.2) is 27.7 Å².